The molecule has 1 aliphatic heterocycles. The largest absolute Gasteiger partial charge is 0.376 e. The summed E-state index contributed by atoms with van der Waals surface area (Å²) in [6.45, 7) is 5.03. The van der Waals surface area contributed by atoms with Crippen LogP contribution in [0.25, 0.3) is 0 Å². The maximum Gasteiger partial charge on any atom is 0.329 e. The van der Waals surface area contributed by atoms with Crippen molar-refractivity contribution in [3.63, 3.8) is 0 Å². The minimum absolute atomic E-state index is 0.0338. The second-order valence-corrected chi connectivity index (χ2v) is 4.74. The number of unbranched alkanes of at least 4 members (excludes halogenated alkanes) is 1. The Bertz CT molecular complexity index is 336. The first-order chi connectivity index (χ1) is 9.13. The van der Waals surface area contributed by atoms with Crippen molar-refractivity contribution in [2.24, 2.45) is 5.10 Å². The van der Waals surface area contributed by atoms with Gasteiger partial charge in [0.15, 0.2) is 0 Å². The molecule has 0 unspecified atom stereocenters. The third-order valence-corrected chi connectivity index (χ3v) is 2.96. The monoisotopic (exact) mass is 269 g/mol. The van der Waals surface area contributed by atoms with E-state index in [1.54, 1.807) is 0 Å². The molecule has 1 rings (SSSR count). The molecule has 6 nitrogen and oxygen atoms in total. The summed E-state index contributed by atoms with van der Waals surface area (Å²) in [5.74, 6) is -1.39. The first kappa shape index (κ1) is 15.6. The van der Waals surface area contributed by atoms with Gasteiger partial charge in [0.1, 0.15) is 0 Å². The molecule has 2 N–H and O–H groups in total. The maximum absolute atomic E-state index is 11.5. The third kappa shape index (κ3) is 6.33. The molecule has 1 saturated heterocycles. The van der Waals surface area contributed by atoms with Crippen LogP contribution in [0.15, 0.2) is 5.10 Å². The number of hydrazone groups is 1. The van der Waals surface area contributed by atoms with Gasteiger partial charge in [-0.3, -0.25) is 9.59 Å². The van der Waals surface area contributed by atoms with E-state index in [4.69, 9.17) is 4.74 Å². The summed E-state index contributed by atoms with van der Waals surface area (Å²) in [6, 6.07) is 0. The molecule has 0 spiro atoms. The highest BCUT2D eigenvalue weighted by Crippen LogP contribution is 2.10. The number of hydrogen-bond donors (Lipinski definition) is 2. The predicted molar refractivity (Wildman–Crippen MR) is 72.8 cm³/mol. The van der Waals surface area contributed by atoms with E-state index in [1.807, 2.05) is 6.92 Å². The van der Waals surface area contributed by atoms with Crippen molar-refractivity contribution in [2.45, 2.75) is 52.1 Å². The maximum atomic E-state index is 11.5. The average molecular weight is 269 g/mol. The summed E-state index contributed by atoms with van der Waals surface area (Å²) < 4.78 is 5.35. The molecule has 1 atom stereocenters. The van der Waals surface area contributed by atoms with Gasteiger partial charge in [-0.2, -0.15) is 5.10 Å². The van der Waals surface area contributed by atoms with E-state index < -0.39 is 11.8 Å². The predicted octanol–water partition coefficient (Wildman–Crippen LogP) is 0.964. The Labute approximate surface area is 114 Å². The van der Waals surface area contributed by atoms with Crippen molar-refractivity contribution in [2.75, 3.05) is 13.2 Å². The smallest absolute Gasteiger partial charge is 0.329 e. The molecule has 0 aromatic rings. The number of ether oxygens (including phenoxy) is 1. The molecular formula is C13H23N3O3. The Hall–Kier alpha value is -1.43. The first-order valence-electron chi connectivity index (χ1n) is 6.86. The first-order valence-corrected chi connectivity index (χ1v) is 6.86. The van der Waals surface area contributed by atoms with E-state index >= 15 is 0 Å². The molecule has 1 heterocycles. The summed E-state index contributed by atoms with van der Waals surface area (Å²) in [5, 5.41) is 6.43. The topological polar surface area (TPSA) is 79.8 Å². The molecule has 0 aliphatic carbocycles. The summed E-state index contributed by atoms with van der Waals surface area (Å²) in [7, 11) is 0. The minimum Gasteiger partial charge on any atom is -0.376 e. The number of hydrogen-bond acceptors (Lipinski definition) is 4. The normalized spacial score (nSPS) is 19.3. The van der Waals surface area contributed by atoms with E-state index in [1.165, 1.54) is 0 Å². The minimum atomic E-state index is -0.728. The Kier molecular flexibility index (Phi) is 7.10. The van der Waals surface area contributed by atoms with Crippen molar-refractivity contribution < 1.29 is 14.3 Å². The van der Waals surface area contributed by atoms with E-state index in [0.717, 1.165) is 44.4 Å². The Morgan fingerprint density at radius 3 is 2.79 bits per heavy atom. The highest BCUT2D eigenvalue weighted by atomic mass is 16.5. The van der Waals surface area contributed by atoms with Crippen LogP contribution >= 0.6 is 0 Å². The van der Waals surface area contributed by atoms with Gasteiger partial charge in [0.2, 0.25) is 0 Å². The highest BCUT2D eigenvalue weighted by Gasteiger charge is 2.18. The van der Waals surface area contributed by atoms with Crippen molar-refractivity contribution in [3.8, 4) is 0 Å². The number of nitrogens with one attached hydrogen (secondary N) is 2. The summed E-state index contributed by atoms with van der Waals surface area (Å²) >= 11 is 0. The lowest BCUT2D eigenvalue weighted by molar-refractivity contribution is -0.139. The van der Waals surface area contributed by atoms with Gasteiger partial charge in [0.05, 0.1) is 6.10 Å². The fraction of sp³-hybridized carbons (Fsp3) is 0.769. The Morgan fingerprint density at radius 1 is 1.37 bits per heavy atom. The van der Waals surface area contributed by atoms with Gasteiger partial charge >= 0.3 is 11.8 Å². The number of carbonyl (C=O) groups excluding carboxylic acids is 2. The summed E-state index contributed by atoms with van der Waals surface area (Å²) in [5.41, 5.74) is 3.08. The molecule has 108 valence electrons. The number of carbonyl (C=O) groups is 2. The van der Waals surface area contributed by atoms with Crippen molar-refractivity contribution in [1.29, 1.82) is 0 Å². The van der Waals surface area contributed by atoms with Gasteiger partial charge in [-0.05, 0) is 32.6 Å². The summed E-state index contributed by atoms with van der Waals surface area (Å²) in [4.78, 5) is 22.9. The molecule has 0 aromatic carbocycles. The molecular weight excluding hydrogens is 246 g/mol. The third-order valence-electron chi connectivity index (χ3n) is 2.96. The van der Waals surface area contributed by atoms with Crippen LogP contribution in [0, 0.1) is 0 Å². The van der Waals surface area contributed by atoms with Gasteiger partial charge in [-0.25, -0.2) is 5.43 Å². The van der Waals surface area contributed by atoms with Gasteiger partial charge < -0.3 is 10.1 Å². The van der Waals surface area contributed by atoms with Crippen LogP contribution in [-0.4, -0.2) is 36.8 Å². The second-order valence-electron chi connectivity index (χ2n) is 4.74. The van der Waals surface area contributed by atoms with E-state index in [9.17, 15) is 9.59 Å². The molecule has 0 saturated carbocycles. The molecule has 19 heavy (non-hydrogen) atoms. The van der Waals surface area contributed by atoms with E-state index in [-0.39, 0.29) is 6.10 Å². The standard InChI is InChI=1S/C13H23N3O3/c1-3-4-6-10(2)15-16-13(18)12(17)14-9-11-7-5-8-19-11/h11H,3-9H2,1-2H3,(H,14,17)(H,16,18)/b15-10-/t11-/m1/s1. The molecule has 2 amide bonds. The zero-order valence-corrected chi connectivity index (χ0v) is 11.7. The van der Waals surface area contributed by atoms with Gasteiger partial charge in [-0.1, -0.05) is 13.3 Å². The van der Waals surface area contributed by atoms with Crippen LogP contribution in [0.5, 0.6) is 0 Å². The molecule has 0 bridgehead atoms. The van der Waals surface area contributed by atoms with Gasteiger partial charge in [-0.15, -0.1) is 0 Å². The summed E-state index contributed by atoms with van der Waals surface area (Å²) in [6.07, 6.45) is 4.89. The number of rotatable bonds is 6. The van der Waals surface area contributed by atoms with Crippen LogP contribution in [0.4, 0.5) is 0 Å². The fourth-order valence-corrected chi connectivity index (χ4v) is 1.78. The van der Waals surface area contributed by atoms with Crippen LogP contribution in [0.2, 0.25) is 0 Å². The highest BCUT2D eigenvalue weighted by molar-refractivity contribution is 6.35. The van der Waals surface area contributed by atoms with E-state index in [2.05, 4.69) is 22.8 Å². The Morgan fingerprint density at radius 2 is 2.16 bits per heavy atom. The average Bonchev–Trinajstić information content (AvgIpc) is 2.92. The molecule has 6 heteroatoms. The zero-order valence-electron chi connectivity index (χ0n) is 11.7. The molecule has 0 radical (unpaired) electrons. The lowest BCUT2D eigenvalue weighted by atomic mass is 10.2. The van der Waals surface area contributed by atoms with Crippen LogP contribution in [0.1, 0.15) is 46.0 Å². The van der Waals surface area contributed by atoms with Crippen molar-refractivity contribution >= 4 is 17.5 Å². The SMILES string of the molecule is CCCC/C(C)=N\NC(=O)C(=O)NC[C@H]1CCCO1. The fourth-order valence-electron chi connectivity index (χ4n) is 1.78. The zero-order chi connectivity index (χ0) is 14.1. The van der Waals surface area contributed by atoms with Crippen molar-refractivity contribution in [1.82, 2.24) is 10.7 Å². The van der Waals surface area contributed by atoms with Crippen LogP contribution in [-0.2, 0) is 14.3 Å². The van der Waals surface area contributed by atoms with Gasteiger partial charge in [0.25, 0.3) is 0 Å². The number of nitrogens with zero attached hydrogens (tertiary/aromatic N) is 1. The number of amides is 2. The van der Waals surface area contributed by atoms with Gasteiger partial charge in [0, 0.05) is 18.9 Å². The Balaban J connectivity index is 2.22. The van der Waals surface area contributed by atoms with E-state index in [0.29, 0.717) is 6.54 Å². The van der Waals surface area contributed by atoms with Crippen LogP contribution in [0.3, 0.4) is 0 Å². The lowest BCUT2D eigenvalue weighted by Gasteiger charge is -2.09. The molecule has 0 aromatic heterocycles. The van der Waals surface area contributed by atoms with Crippen LogP contribution < -0.4 is 10.7 Å². The quantitative estimate of drug-likeness (QED) is 0.428. The second kappa shape index (κ2) is 8.63. The van der Waals surface area contributed by atoms with Crippen molar-refractivity contribution in [3.05, 3.63) is 0 Å². The molecule has 1 fully saturated rings. The molecule has 1 aliphatic rings. The lowest BCUT2D eigenvalue weighted by Crippen LogP contribution is -2.41.